The topological polar surface area (TPSA) is 0 Å². The van der Waals surface area contributed by atoms with Crippen molar-refractivity contribution >= 4 is 0 Å². The van der Waals surface area contributed by atoms with E-state index >= 15 is 0 Å². The van der Waals surface area contributed by atoms with Gasteiger partial charge in [0.1, 0.15) is 0 Å². The molecule has 100 valence electrons. The first-order valence-corrected chi connectivity index (χ1v) is 7.14. The molecule has 0 bridgehead atoms. The molecule has 0 saturated heterocycles. The van der Waals surface area contributed by atoms with E-state index in [-0.39, 0.29) is 0 Å². The molecule has 0 aromatic heterocycles. The highest BCUT2D eigenvalue weighted by Crippen LogP contribution is 2.25. The van der Waals surface area contributed by atoms with Crippen LogP contribution >= 0.6 is 0 Å². The third kappa shape index (κ3) is 3.36. The average molecular weight is 260 g/mol. The van der Waals surface area contributed by atoms with Crippen molar-refractivity contribution in [3.05, 3.63) is 84.9 Å². The molecule has 0 heterocycles. The maximum atomic E-state index is 2.24. The van der Waals surface area contributed by atoms with E-state index in [0.29, 0.717) is 0 Å². The number of benzene rings is 3. The van der Waals surface area contributed by atoms with Crippen LogP contribution in [0.25, 0.3) is 22.3 Å². The van der Waals surface area contributed by atoms with E-state index in [1.165, 1.54) is 22.3 Å². The van der Waals surface area contributed by atoms with Crippen LogP contribution in [-0.2, 0) is 0 Å². The first-order valence-electron chi connectivity index (χ1n) is 7.14. The third-order valence-corrected chi connectivity index (χ3v) is 3.08. The molecule has 0 amide bonds. The van der Waals surface area contributed by atoms with Gasteiger partial charge in [0.15, 0.2) is 0 Å². The molecule has 0 radical (unpaired) electrons. The normalized spacial score (nSPS) is 9.50. The summed E-state index contributed by atoms with van der Waals surface area (Å²) in [4.78, 5) is 0. The van der Waals surface area contributed by atoms with Gasteiger partial charge in [0.25, 0.3) is 0 Å². The van der Waals surface area contributed by atoms with E-state index in [4.69, 9.17) is 0 Å². The van der Waals surface area contributed by atoms with Crippen molar-refractivity contribution in [1.82, 2.24) is 0 Å². The van der Waals surface area contributed by atoms with Crippen molar-refractivity contribution in [3.8, 4) is 22.3 Å². The van der Waals surface area contributed by atoms with Crippen LogP contribution in [0.15, 0.2) is 84.9 Å². The van der Waals surface area contributed by atoms with Gasteiger partial charge < -0.3 is 0 Å². The zero-order valence-electron chi connectivity index (χ0n) is 12.1. The second-order valence-corrected chi connectivity index (χ2v) is 4.31. The Kier molecular flexibility index (Phi) is 5.14. The van der Waals surface area contributed by atoms with Gasteiger partial charge in [-0.2, -0.15) is 0 Å². The molecular weight excluding hydrogens is 240 g/mol. The van der Waals surface area contributed by atoms with Gasteiger partial charge in [0.2, 0.25) is 0 Å². The van der Waals surface area contributed by atoms with Crippen molar-refractivity contribution in [2.24, 2.45) is 0 Å². The van der Waals surface area contributed by atoms with E-state index in [1.54, 1.807) is 0 Å². The van der Waals surface area contributed by atoms with Gasteiger partial charge in [-0.1, -0.05) is 92.7 Å². The molecule has 0 heteroatoms. The van der Waals surface area contributed by atoms with Crippen LogP contribution in [0.4, 0.5) is 0 Å². The molecule has 20 heavy (non-hydrogen) atoms. The Morgan fingerprint density at radius 1 is 0.400 bits per heavy atom. The van der Waals surface area contributed by atoms with E-state index in [1.807, 2.05) is 26.0 Å². The minimum atomic E-state index is 1.26. The Morgan fingerprint density at radius 3 is 1.15 bits per heavy atom. The summed E-state index contributed by atoms with van der Waals surface area (Å²) in [6, 6.07) is 29.6. The first-order chi connectivity index (χ1) is 9.93. The summed E-state index contributed by atoms with van der Waals surface area (Å²) >= 11 is 0. The van der Waals surface area contributed by atoms with Gasteiger partial charge in [-0.15, -0.1) is 0 Å². The highest BCUT2D eigenvalue weighted by atomic mass is 14.0. The second-order valence-electron chi connectivity index (χ2n) is 4.31. The van der Waals surface area contributed by atoms with Crippen LogP contribution in [-0.4, -0.2) is 0 Å². The molecule has 0 spiro atoms. The molecule has 0 fully saturated rings. The number of hydrogen-bond acceptors (Lipinski definition) is 0. The molecule has 0 aliphatic heterocycles. The average Bonchev–Trinajstić information content (AvgIpc) is 2.58. The fourth-order valence-electron chi connectivity index (χ4n) is 2.14. The predicted molar refractivity (Wildman–Crippen MR) is 88.7 cm³/mol. The lowest BCUT2D eigenvalue weighted by molar-refractivity contribution is 1.50. The predicted octanol–water partition coefficient (Wildman–Crippen LogP) is 6.05. The molecular formula is C20H20. The standard InChI is InChI=1S/C18H14.C2H6/c1-3-8-15(9-4-1)17-12-7-13-18(14-17)16-10-5-2-6-11-16;1-2/h1-14H;1-2H3. The van der Waals surface area contributed by atoms with Crippen LogP contribution in [0, 0.1) is 0 Å². The Hall–Kier alpha value is -2.34. The van der Waals surface area contributed by atoms with Crippen LogP contribution in [0.5, 0.6) is 0 Å². The second kappa shape index (κ2) is 7.30. The van der Waals surface area contributed by atoms with Gasteiger partial charge in [-0.05, 0) is 28.3 Å². The Bertz CT molecular complexity index is 570. The van der Waals surface area contributed by atoms with Crippen molar-refractivity contribution in [2.45, 2.75) is 13.8 Å². The molecule has 0 aliphatic carbocycles. The maximum Gasteiger partial charge on any atom is -0.0178 e. The maximum absolute atomic E-state index is 2.24. The summed E-state index contributed by atoms with van der Waals surface area (Å²) in [5.41, 5.74) is 5.04. The Labute approximate surface area is 121 Å². The van der Waals surface area contributed by atoms with Crippen molar-refractivity contribution in [2.75, 3.05) is 0 Å². The SMILES string of the molecule is CC.c1ccc(-c2cccc(-c3ccccc3)c2)cc1. The molecule has 0 saturated carbocycles. The molecule has 0 N–H and O–H groups in total. The Morgan fingerprint density at radius 2 is 0.750 bits per heavy atom. The summed E-state index contributed by atoms with van der Waals surface area (Å²) in [6.07, 6.45) is 0. The van der Waals surface area contributed by atoms with Crippen LogP contribution in [0.1, 0.15) is 13.8 Å². The molecule has 3 aromatic carbocycles. The third-order valence-electron chi connectivity index (χ3n) is 3.08. The van der Waals surface area contributed by atoms with E-state index in [2.05, 4.69) is 72.8 Å². The van der Waals surface area contributed by atoms with E-state index in [9.17, 15) is 0 Å². The minimum Gasteiger partial charge on any atom is -0.0683 e. The van der Waals surface area contributed by atoms with Crippen molar-refractivity contribution < 1.29 is 0 Å². The highest BCUT2D eigenvalue weighted by Gasteiger charge is 2.00. The molecule has 3 rings (SSSR count). The monoisotopic (exact) mass is 260 g/mol. The van der Waals surface area contributed by atoms with E-state index in [0.717, 1.165) is 0 Å². The van der Waals surface area contributed by atoms with Gasteiger partial charge in [-0.25, -0.2) is 0 Å². The van der Waals surface area contributed by atoms with Gasteiger partial charge in [0.05, 0.1) is 0 Å². The largest absolute Gasteiger partial charge is 0.0683 e. The lowest BCUT2D eigenvalue weighted by Crippen LogP contribution is -1.80. The zero-order valence-corrected chi connectivity index (χ0v) is 12.1. The summed E-state index contributed by atoms with van der Waals surface area (Å²) in [5, 5.41) is 0. The van der Waals surface area contributed by atoms with Gasteiger partial charge >= 0.3 is 0 Å². The summed E-state index contributed by atoms with van der Waals surface area (Å²) < 4.78 is 0. The van der Waals surface area contributed by atoms with Crippen LogP contribution in [0.2, 0.25) is 0 Å². The first kappa shape index (κ1) is 14.1. The van der Waals surface area contributed by atoms with Gasteiger partial charge in [-0.3, -0.25) is 0 Å². The number of hydrogen-bond donors (Lipinski definition) is 0. The van der Waals surface area contributed by atoms with Gasteiger partial charge in [0, 0.05) is 0 Å². The quantitative estimate of drug-likeness (QED) is 0.526. The lowest BCUT2D eigenvalue weighted by atomic mass is 9.99. The van der Waals surface area contributed by atoms with Crippen molar-refractivity contribution in [1.29, 1.82) is 0 Å². The smallest absolute Gasteiger partial charge is 0.0178 e. The summed E-state index contributed by atoms with van der Waals surface area (Å²) in [5.74, 6) is 0. The molecule has 0 nitrogen and oxygen atoms in total. The highest BCUT2D eigenvalue weighted by molar-refractivity contribution is 5.72. The fourth-order valence-corrected chi connectivity index (χ4v) is 2.14. The van der Waals surface area contributed by atoms with Crippen LogP contribution < -0.4 is 0 Å². The van der Waals surface area contributed by atoms with Crippen molar-refractivity contribution in [3.63, 3.8) is 0 Å². The fraction of sp³-hybridized carbons (Fsp3) is 0.100. The number of rotatable bonds is 2. The minimum absolute atomic E-state index is 1.26. The van der Waals surface area contributed by atoms with E-state index < -0.39 is 0 Å². The summed E-state index contributed by atoms with van der Waals surface area (Å²) in [6.45, 7) is 4.00. The lowest BCUT2D eigenvalue weighted by Gasteiger charge is -2.05. The molecule has 3 aromatic rings. The molecule has 0 aliphatic rings. The Balaban J connectivity index is 0.000000704. The molecule has 0 atom stereocenters. The summed E-state index contributed by atoms with van der Waals surface area (Å²) in [7, 11) is 0. The molecule has 0 unspecified atom stereocenters. The van der Waals surface area contributed by atoms with Crippen LogP contribution in [0.3, 0.4) is 0 Å². The zero-order chi connectivity index (χ0) is 14.2.